The van der Waals surface area contributed by atoms with Gasteiger partial charge in [0.05, 0.1) is 30.5 Å². The van der Waals surface area contributed by atoms with Crippen LogP contribution in [-0.2, 0) is 49.5 Å². The normalized spacial score (nSPS) is 32.7. The van der Waals surface area contributed by atoms with Crippen molar-refractivity contribution in [3.8, 4) is 22.3 Å². The number of H-pyrrole nitrogens is 1. The van der Waals surface area contributed by atoms with Crippen molar-refractivity contribution in [3.63, 3.8) is 0 Å². The zero-order valence-electron chi connectivity index (χ0n) is 49.7. The van der Waals surface area contributed by atoms with Gasteiger partial charge in [-0.05, 0) is 124 Å². The molecule has 4 aromatic rings. The Balaban J connectivity index is 0.930. The lowest BCUT2D eigenvalue weighted by Gasteiger charge is -2.45. The molecule has 458 valence electrons. The number of ether oxygens (including phenoxy) is 3. The highest BCUT2D eigenvalue weighted by atomic mass is 35.5. The van der Waals surface area contributed by atoms with Crippen LogP contribution in [0, 0.1) is 35.5 Å². The van der Waals surface area contributed by atoms with Crippen LogP contribution in [0.2, 0.25) is 5.02 Å². The van der Waals surface area contributed by atoms with Crippen LogP contribution in [0.1, 0.15) is 111 Å². The van der Waals surface area contributed by atoms with E-state index in [0.717, 1.165) is 49.3 Å². The first-order valence-electron chi connectivity index (χ1n) is 30.3. The summed E-state index contributed by atoms with van der Waals surface area (Å²) in [5.41, 5.74) is 7.22. The summed E-state index contributed by atoms with van der Waals surface area (Å²) < 4.78 is 18.0. The number of rotatable bonds is 10. The molecule has 5 N–H and O–H groups in total. The van der Waals surface area contributed by atoms with Gasteiger partial charge in [-0.2, -0.15) is 0 Å². The molecule has 0 radical (unpaired) electrons. The number of amides is 2. The molecule has 18 nitrogen and oxygen atoms in total. The van der Waals surface area contributed by atoms with Crippen LogP contribution in [-0.4, -0.2) is 169 Å². The quantitative estimate of drug-likeness (QED) is 0.0440. The monoisotopic (exact) mass is 1190 g/mol. The van der Waals surface area contributed by atoms with Crippen molar-refractivity contribution in [2.45, 2.75) is 160 Å². The summed E-state index contributed by atoms with van der Waals surface area (Å²) in [5.74, 6) is -10.9. The first-order valence-corrected chi connectivity index (χ1v) is 30.7. The number of nitrogens with zero attached hydrogens (tertiary/aromatic N) is 4. The van der Waals surface area contributed by atoms with E-state index in [9.17, 15) is 49.2 Å². The molecule has 0 unspecified atom stereocenters. The summed E-state index contributed by atoms with van der Waals surface area (Å²) in [7, 11) is 1.54. The molecule has 4 aliphatic heterocycles. The number of carbonyl (C=O) groups excluding carboxylic acids is 6. The fourth-order valence-electron chi connectivity index (χ4n) is 13.6. The Labute approximate surface area is 502 Å². The molecule has 14 atom stereocenters. The van der Waals surface area contributed by atoms with Gasteiger partial charge < -0.3 is 54.2 Å². The third kappa shape index (κ3) is 14.7. The highest BCUT2D eigenvalue weighted by molar-refractivity contribution is 6.39. The van der Waals surface area contributed by atoms with E-state index in [1.807, 2.05) is 56.6 Å². The number of ketones is 2. The average molecular weight is 1190 g/mol. The third-order valence-electron chi connectivity index (χ3n) is 18.6. The van der Waals surface area contributed by atoms with E-state index < -0.39 is 95.6 Å². The Kier molecular flexibility index (Phi) is 20.8. The van der Waals surface area contributed by atoms with E-state index in [1.54, 1.807) is 24.8 Å². The van der Waals surface area contributed by atoms with Crippen LogP contribution in [0.15, 0.2) is 90.3 Å². The van der Waals surface area contributed by atoms with E-state index in [2.05, 4.69) is 40.2 Å². The summed E-state index contributed by atoms with van der Waals surface area (Å²) in [6.07, 6.45) is 4.22. The second kappa shape index (κ2) is 27.8. The van der Waals surface area contributed by atoms with Crippen molar-refractivity contribution in [2.24, 2.45) is 35.5 Å². The molecule has 1 saturated carbocycles. The first kappa shape index (κ1) is 63.5. The number of esters is 1. The number of fused-ring (bicyclic) bond motifs is 4. The standard InChI is InChI=1S/C66H84ClN5O13/c1-38-24-39(2)26-57(77)61-49(37-73)28-41(4)66(82,85-61)62(79)64(80)72-19-8-7-12-53(72)65(81)84-60(40(3)27-44-15-18-54(74)58(29-44)83-6)42(5)55(75)33-56(76)47(25-38)32-59(78)71-22-20-70(21-23-71)36-43-13-16-45(17-14-43)48-31-51-52(35-69-63(51)68-34-48)46-10-9-11-50(67)30-46/h9-11,13-14,16-17,25,27,30-31,34-35,37,39,41-42,44,47,49,53-55,57-58,60-61,74-75,77,82H,7-8,12,15,18-24,26,28-29,32-33,36H2,1-6H3,(H,68,69)/b38-25+,40-27+/t39-,41+,42+,44-,47-,49+,53-,54+,55-,57-,58+,60+,61-,66+/m0/s1. The lowest BCUT2D eigenvalue weighted by atomic mass is 9.78. The van der Waals surface area contributed by atoms with Crippen molar-refractivity contribution in [2.75, 3.05) is 39.8 Å². The van der Waals surface area contributed by atoms with E-state index in [4.69, 9.17) is 30.8 Å². The minimum Gasteiger partial charge on any atom is -0.456 e. The predicted molar refractivity (Wildman–Crippen MR) is 320 cm³/mol. The van der Waals surface area contributed by atoms with Crippen molar-refractivity contribution in [1.29, 1.82) is 0 Å². The molecule has 2 aromatic carbocycles. The van der Waals surface area contributed by atoms with Gasteiger partial charge in [0.2, 0.25) is 11.7 Å². The Hall–Kier alpha value is -5.96. The van der Waals surface area contributed by atoms with Gasteiger partial charge in [0.25, 0.3) is 11.7 Å². The zero-order valence-corrected chi connectivity index (χ0v) is 50.5. The van der Waals surface area contributed by atoms with Crippen molar-refractivity contribution >= 4 is 58.3 Å². The molecule has 6 heterocycles. The van der Waals surface area contributed by atoms with Crippen LogP contribution in [0.25, 0.3) is 33.3 Å². The molecule has 2 amide bonds. The molecule has 2 bridgehead atoms. The lowest BCUT2D eigenvalue weighted by Crippen LogP contribution is -2.63. The number of cyclic esters (lactones) is 1. The maximum atomic E-state index is 14.8. The van der Waals surface area contributed by atoms with E-state index >= 15 is 0 Å². The summed E-state index contributed by atoms with van der Waals surface area (Å²) in [6, 6.07) is 17.0. The number of piperidine rings is 1. The van der Waals surface area contributed by atoms with Gasteiger partial charge in [0.15, 0.2) is 0 Å². The van der Waals surface area contributed by atoms with E-state index in [-0.39, 0.29) is 56.4 Å². The first-order chi connectivity index (χ1) is 40.6. The van der Waals surface area contributed by atoms with Crippen molar-refractivity contribution in [3.05, 3.63) is 101 Å². The topological polar surface area (TPSA) is 249 Å². The van der Waals surface area contributed by atoms with Crippen molar-refractivity contribution < 1.29 is 63.4 Å². The fraction of sp³-hybridized carbons (Fsp3) is 0.561. The van der Waals surface area contributed by atoms with Crippen LogP contribution in [0.4, 0.5) is 0 Å². The Bertz CT molecular complexity index is 3120. The van der Waals surface area contributed by atoms with Gasteiger partial charge in [-0.25, -0.2) is 9.78 Å². The largest absolute Gasteiger partial charge is 0.456 e. The van der Waals surface area contributed by atoms with Gasteiger partial charge in [0.1, 0.15) is 29.9 Å². The van der Waals surface area contributed by atoms with Crippen LogP contribution in [0.3, 0.4) is 0 Å². The molecule has 19 heteroatoms. The number of aromatic nitrogens is 2. The molecule has 1 aliphatic carbocycles. The molecular weight excluding hydrogens is 1110 g/mol. The fourth-order valence-corrected chi connectivity index (χ4v) is 13.8. The third-order valence-corrected chi connectivity index (χ3v) is 18.9. The number of aromatic amines is 1. The van der Waals surface area contributed by atoms with E-state index in [0.29, 0.717) is 88.1 Å². The van der Waals surface area contributed by atoms with Gasteiger partial charge >= 0.3 is 5.97 Å². The maximum absolute atomic E-state index is 14.8. The number of nitrogens with one attached hydrogen (secondary N) is 1. The number of aliphatic hydroxyl groups is 4. The molecule has 5 aliphatic rings. The summed E-state index contributed by atoms with van der Waals surface area (Å²) in [6.45, 7) is 11.4. The number of pyridine rings is 1. The molecule has 3 saturated heterocycles. The molecule has 85 heavy (non-hydrogen) atoms. The highest BCUT2D eigenvalue weighted by Crippen LogP contribution is 2.40. The molecule has 4 fully saturated rings. The van der Waals surface area contributed by atoms with Crippen LogP contribution < -0.4 is 0 Å². The molecule has 0 spiro atoms. The minimum absolute atomic E-state index is 0.0122. The SMILES string of the molecule is CO[C@@H]1C[C@H](/C=C(\C)[C@H]2OC(=O)[C@@H]3CCCCN3C(=O)C(=O)[C@]3(O)O[C@H]([C@@H](O)C[C@@H](C)C/C(C)=C/[C@@H](CC(=O)N4CCN(Cc5ccc(-c6cnc7[nH]cc(-c8cccc(Cl)c8)c7c6)cc5)CC4)C(=O)C[C@H](O)[C@H]2C)[C@@H](C=O)C[C@H]3C)CC[C@H]1O. The summed E-state index contributed by atoms with van der Waals surface area (Å²) in [4.78, 5) is 98.2. The van der Waals surface area contributed by atoms with Gasteiger partial charge in [-0.1, -0.05) is 86.5 Å². The Morgan fingerprint density at radius 1 is 0.882 bits per heavy atom. The molecule has 9 rings (SSSR count). The number of aliphatic hydroxyl groups excluding tert-OH is 3. The smallest absolute Gasteiger partial charge is 0.329 e. The van der Waals surface area contributed by atoms with Gasteiger partial charge in [-0.3, -0.25) is 24.1 Å². The molecular formula is C66H84ClN5O13. The number of aldehydes is 1. The van der Waals surface area contributed by atoms with Gasteiger partial charge in [-0.15, -0.1) is 0 Å². The molecule has 2 aromatic heterocycles. The van der Waals surface area contributed by atoms with Crippen molar-refractivity contribution in [1.82, 2.24) is 24.7 Å². The number of hydrogen-bond donors (Lipinski definition) is 5. The Morgan fingerprint density at radius 2 is 1.64 bits per heavy atom. The zero-order chi connectivity index (χ0) is 60.9. The number of piperazine rings is 1. The number of allylic oxidation sites excluding steroid dienone is 3. The summed E-state index contributed by atoms with van der Waals surface area (Å²) in [5, 5.41) is 48.3. The predicted octanol–water partition coefficient (Wildman–Crippen LogP) is 7.81. The second-order valence-electron chi connectivity index (χ2n) is 25.0. The minimum atomic E-state index is -2.73. The summed E-state index contributed by atoms with van der Waals surface area (Å²) >= 11 is 6.32. The Morgan fingerprint density at radius 3 is 2.35 bits per heavy atom. The average Bonchev–Trinajstić information content (AvgIpc) is 3.07. The number of benzene rings is 2. The maximum Gasteiger partial charge on any atom is 0.329 e. The van der Waals surface area contributed by atoms with Crippen LogP contribution >= 0.6 is 11.6 Å². The van der Waals surface area contributed by atoms with Crippen LogP contribution in [0.5, 0.6) is 0 Å². The number of halogens is 1. The van der Waals surface area contributed by atoms with Gasteiger partial charge in [0, 0.05) is 117 Å². The second-order valence-corrected chi connectivity index (χ2v) is 25.4. The number of Topliss-reactive ketones (excluding diaryl/α,β-unsaturated/α-hetero) is 2. The highest BCUT2D eigenvalue weighted by Gasteiger charge is 2.56. The lowest BCUT2D eigenvalue weighted by molar-refractivity contribution is -0.286. The number of hydrogen-bond acceptors (Lipinski definition) is 15. The number of carbonyl (C=O) groups is 6. The van der Waals surface area contributed by atoms with E-state index in [1.165, 1.54) is 14.0 Å². The number of methoxy groups -OCH3 is 1.